The molecule has 0 spiro atoms. The van der Waals surface area contributed by atoms with Crippen LogP contribution in [0.1, 0.15) is 47.5 Å². The van der Waals surface area contributed by atoms with Gasteiger partial charge in [-0.15, -0.1) is 0 Å². The molecule has 3 saturated carbocycles. The van der Waals surface area contributed by atoms with Gasteiger partial charge >= 0.3 is 0 Å². The Morgan fingerprint density at radius 3 is 2.07 bits per heavy atom. The van der Waals surface area contributed by atoms with E-state index in [0.29, 0.717) is 16.6 Å². The highest BCUT2D eigenvalue weighted by Gasteiger charge is 2.58. The van der Waals surface area contributed by atoms with Gasteiger partial charge in [-0.3, -0.25) is 0 Å². The van der Waals surface area contributed by atoms with Crippen molar-refractivity contribution in [2.45, 2.75) is 53.3 Å². The van der Waals surface area contributed by atoms with Gasteiger partial charge in [0.25, 0.3) is 0 Å². The van der Waals surface area contributed by atoms with Crippen molar-refractivity contribution in [3.63, 3.8) is 0 Å². The van der Waals surface area contributed by atoms with Gasteiger partial charge in [-0.1, -0.05) is 46.9 Å². The lowest BCUT2D eigenvalue weighted by atomic mass is 9.37. The van der Waals surface area contributed by atoms with E-state index in [2.05, 4.69) is 34.6 Å². The summed E-state index contributed by atoms with van der Waals surface area (Å²) in [6, 6.07) is 0. The zero-order valence-corrected chi connectivity index (χ0v) is 10.3. The molecule has 0 aliphatic heterocycles. The Morgan fingerprint density at radius 2 is 1.71 bits per heavy atom. The molecule has 0 aromatic rings. The molecule has 3 rings (SSSR count). The fourth-order valence-electron chi connectivity index (χ4n) is 4.08. The molecule has 3 fully saturated rings. The van der Waals surface area contributed by atoms with Crippen molar-refractivity contribution in [2.75, 3.05) is 0 Å². The van der Waals surface area contributed by atoms with Gasteiger partial charge in [0, 0.05) is 0 Å². The molecule has 2 radical (unpaired) electrons. The molecule has 0 unspecified atom stereocenters. The molecule has 3 aliphatic rings. The van der Waals surface area contributed by atoms with Crippen LogP contribution < -0.4 is 0 Å². The van der Waals surface area contributed by atoms with Crippen molar-refractivity contribution >= 4 is 7.85 Å². The zero-order valence-electron chi connectivity index (χ0n) is 10.3. The topological polar surface area (TPSA) is 0 Å². The van der Waals surface area contributed by atoms with E-state index in [4.69, 9.17) is 7.85 Å². The van der Waals surface area contributed by atoms with Gasteiger partial charge in [-0.25, -0.2) is 0 Å². The quantitative estimate of drug-likeness (QED) is 0.511. The van der Waals surface area contributed by atoms with E-state index in [1.807, 2.05) is 0 Å². The standard InChI is InChI=1S/C13H23B/c1-12(2,3)11-9-6-8(7-10(11)14)13(9,4)5/h8-11H,6-7H2,1-5H3/t8-,9+,10+,11+/m0/s1. The van der Waals surface area contributed by atoms with Crippen molar-refractivity contribution in [1.29, 1.82) is 0 Å². The molecule has 0 nitrogen and oxygen atoms in total. The Balaban J connectivity index is 2.24. The first-order valence-electron chi connectivity index (χ1n) is 6.00. The predicted molar refractivity (Wildman–Crippen MR) is 62.4 cm³/mol. The van der Waals surface area contributed by atoms with Crippen LogP contribution in [0.15, 0.2) is 0 Å². The van der Waals surface area contributed by atoms with Gasteiger partial charge in [0.05, 0.1) is 7.85 Å². The van der Waals surface area contributed by atoms with Gasteiger partial charge < -0.3 is 0 Å². The molecule has 0 aromatic carbocycles. The fourth-order valence-corrected chi connectivity index (χ4v) is 4.08. The number of hydrogen-bond acceptors (Lipinski definition) is 0. The van der Waals surface area contributed by atoms with E-state index in [-0.39, 0.29) is 0 Å². The summed E-state index contributed by atoms with van der Waals surface area (Å²) < 4.78 is 0. The van der Waals surface area contributed by atoms with Crippen molar-refractivity contribution in [3.05, 3.63) is 0 Å². The fraction of sp³-hybridized carbons (Fsp3) is 1.00. The summed E-state index contributed by atoms with van der Waals surface area (Å²) >= 11 is 0. The predicted octanol–water partition coefficient (Wildman–Crippen LogP) is 3.67. The maximum absolute atomic E-state index is 6.31. The van der Waals surface area contributed by atoms with Crippen LogP contribution in [0.5, 0.6) is 0 Å². The normalized spacial score (nSPS) is 45.8. The molecule has 0 aromatic heterocycles. The number of fused-ring (bicyclic) bond motifs is 2. The highest BCUT2D eigenvalue weighted by molar-refractivity contribution is 6.12. The van der Waals surface area contributed by atoms with E-state index in [0.717, 1.165) is 17.8 Å². The van der Waals surface area contributed by atoms with E-state index < -0.39 is 0 Å². The molecular formula is C13H23B. The van der Waals surface area contributed by atoms with Crippen LogP contribution >= 0.6 is 0 Å². The largest absolute Gasteiger partial charge is 0.0735 e. The van der Waals surface area contributed by atoms with E-state index in [9.17, 15) is 0 Å². The molecule has 78 valence electrons. The second-order valence-corrected chi connectivity index (χ2v) is 7.15. The maximum atomic E-state index is 6.31. The molecule has 3 aliphatic carbocycles. The summed E-state index contributed by atoms with van der Waals surface area (Å²) in [7, 11) is 6.31. The summed E-state index contributed by atoms with van der Waals surface area (Å²) in [4.78, 5) is 0. The van der Waals surface area contributed by atoms with Crippen LogP contribution in [0, 0.1) is 28.6 Å². The van der Waals surface area contributed by atoms with Crippen LogP contribution in [0.25, 0.3) is 0 Å². The summed E-state index contributed by atoms with van der Waals surface area (Å²) in [5.74, 6) is 2.95. The molecule has 1 heteroatoms. The first-order valence-corrected chi connectivity index (χ1v) is 6.00. The molecule has 0 amide bonds. The van der Waals surface area contributed by atoms with Crippen molar-refractivity contribution < 1.29 is 0 Å². The van der Waals surface area contributed by atoms with E-state index in [1.54, 1.807) is 0 Å². The average Bonchev–Trinajstić information content (AvgIpc) is 2.01. The highest BCUT2D eigenvalue weighted by atomic mass is 14.6. The SMILES string of the molecule is [B][C@@H]1C[C@@H]2C[C@H]([C@H]1C(C)(C)C)C2(C)C. The molecule has 14 heavy (non-hydrogen) atoms. The lowest BCUT2D eigenvalue weighted by molar-refractivity contribution is -0.133. The van der Waals surface area contributed by atoms with Gasteiger partial charge in [-0.2, -0.15) is 0 Å². The highest BCUT2D eigenvalue weighted by Crippen LogP contribution is 2.67. The minimum absolute atomic E-state index is 0.382. The van der Waals surface area contributed by atoms with Crippen LogP contribution in [-0.4, -0.2) is 7.85 Å². The average molecular weight is 190 g/mol. The third-order valence-corrected chi connectivity index (χ3v) is 5.00. The molecule has 0 heterocycles. The second kappa shape index (κ2) is 2.80. The Labute approximate surface area is 90.3 Å². The van der Waals surface area contributed by atoms with Crippen molar-refractivity contribution in [3.8, 4) is 0 Å². The minimum Gasteiger partial charge on any atom is -0.0735 e. The molecule has 2 bridgehead atoms. The van der Waals surface area contributed by atoms with Crippen LogP contribution in [-0.2, 0) is 0 Å². The summed E-state index contributed by atoms with van der Waals surface area (Å²) in [6.45, 7) is 11.9. The Kier molecular flexibility index (Phi) is 2.12. The number of rotatable bonds is 0. The van der Waals surface area contributed by atoms with E-state index in [1.165, 1.54) is 12.8 Å². The second-order valence-electron chi connectivity index (χ2n) is 7.15. The minimum atomic E-state index is 0.382. The Bertz CT molecular complexity index is 236. The van der Waals surface area contributed by atoms with E-state index >= 15 is 0 Å². The lowest BCUT2D eigenvalue weighted by Gasteiger charge is -2.65. The molecule has 4 atom stereocenters. The van der Waals surface area contributed by atoms with Gasteiger partial charge in [-0.05, 0) is 35.0 Å². The molecule has 0 N–H and O–H groups in total. The first-order chi connectivity index (χ1) is 6.24. The summed E-state index contributed by atoms with van der Waals surface area (Å²) in [5, 5.41) is 0. The van der Waals surface area contributed by atoms with Crippen molar-refractivity contribution in [2.24, 2.45) is 28.6 Å². The van der Waals surface area contributed by atoms with Gasteiger partial charge in [0.1, 0.15) is 0 Å². The third-order valence-electron chi connectivity index (χ3n) is 5.00. The van der Waals surface area contributed by atoms with Gasteiger partial charge in [0.2, 0.25) is 0 Å². The lowest BCUT2D eigenvalue weighted by Crippen LogP contribution is -2.57. The third kappa shape index (κ3) is 1.27. The Morgan fingerprint density at radius 1 is 1.14 bits per heavy atom. The molecule has 0 saturated heterocycles. The van der Waals surface area contributed by atoms with Gasteiger partial charge in [0.15, 0.2) is 0 Å². The monoisotopic (exact) mass is 190 g/mol. The van der Waals surface area contributed by atoms with Crippen molar-refractivity contribution in [1.82, 2.24) is 0 Å². The summed E-state index contributed by atoms with van der Waals surface area (Å²) in [5.41, 5.74) is 0.945. The maximum Gasteiger partial charge on any atom is 0.0703 e. The zero-order chi connectivity index (χ0) is 10.7. The van der Waals surface area contributed by atoms with Crippen LogP contribution in [0.2, 0.25) is 5.82 Å². The first kappa shape index (κ1) is 10.6. The summed E-state index contributed by atoms with van der Waals surface area (Å²) in [6.07, 6.45) is 2.69. The van der Waals surface area contributed by atoms with Crippen LogP contribution in [0.3, 0.4) is 0 Å². The van der Waals surface area contributed by atoms with Crippen LogP contribution in [0.4, 0.5) is 0 Å². The Hall–Kier alpha value is 0.0649. The molecular weight excluding hydrogens is 167 g/mol. The smallest absolute Gasteiger partial charge is 0.0703 e. The number of hydrogen-bond donors (Lipinski definition) is 0.